The van der Waals surface area contributed by atoms with Gasteiger partial charge in [0, 0.05) is 10.2 Å². The lowest BCUT2D eigenvalue weighted by molar-refractivity contribution is 0.590. The van der Waals surface area contributed by atoms with Crippen LogP contribution in [0.15, 0.2) is 59.3 Å². The molecule has 0 spiro atoms. The lowest BCUT2D eigenvalue weighted by Gasteiger charge is -2.20. The van der Waals surface area contributed by atoms with E-state index in [-0.39, 0.29) is 5.41 Å². The fourth-order valence-electron chi connectivity index (χ4n) is 2.25. The average molecular weight is 371 g/mol. The first-order valence-corrected chi connectivity index (χ1v) is 8.26. The van der Waals surface area contributed by atoms with Gasteiger partial charge in [0.15, 0.2) is 0 Å². The highest BCUT2D eigenvalue weighted by Gasteiger charge is 2.15. The molecule has 4 nitrogen and oxygen atoms in total. The van der Waals surface area contributed by atoms with E-state index in [1.807, 2.05) is 36.4 Å². The first-order valence-electron chi connectivity index (χ1n) is 7.47. The van der Waals surface area contributed by atoms with Crippen molar-refractivity contribution in [2.75, 3.05) is 5.32 Å². The molecule has 0 aliphatic carbocycles. The summed E-state index contributed by atoms with van der Waals surface area (Å²) in [6, 6.07) is 16.2. The molecule has 3 aromatic rings. The maximum Gasteiger partial charge on any atom is 0.246 e. The van der Waals surface area contributed by atoms with Gasteiger partial charge in [0.1, 0.15) is 6.33 Å². The highest BCUT2D eigenvalue weighted by atomic mass is 79.9. The van der Waals surface area contributed by atoms with Crippen LogP contribution in [0.4, 0.5) is 11.6 Å². The summed E-state index contributed by atoms with van der Waals surface area (Å²) in [5.41, 5.74) is 3.28. The summed E-state index contributed by atoms with van der Waals surface area (Å²) in [4.78, 5) is 4.33. The Morgan fingerprint density at radius 2 is 1.78 bits per heavy atom. The number of rotatable bonds is 3. The molecule has 1 heterocycles. The van der Waals surface area contributed by atoms with Crippen LogP contribution in [0.2, 0.25) is 0 Å². The number of para-hydroxylation sites is 1. The smallest absolute Gasteiger partial charge is 0.246 e. The molecular weight excluding hydrogens is 352 g/mol. The second-order valence-corrected chi connectivity index (χ2v) is 7.37. The van der Waals surface area contributed by atoms with Crippen LogP contribution in [0, 0.1) is 0 Å². The fourth-order valence-corrected chi connectivity index (χ4v) is 2.74. The van der Waals surface area contributed by atoms with Crippen molar-refractivity contribution < 1.29 is 0 Å². The molecule has 1 N–H and O–H groups in total. The zero-order valence-corrected chi connectivity index (χ0v) is 15.0. The molecule has 0 radical (unpaired) electrons. The van der Waals surface area contributed by atoms with Gasteiger partial charge < -0.3 is 5.32 Å². The maximum absolute atomic E-state index is 4.48. The molecule has 0 bridgehead atoms. The van der Waals surface area contributed by atoms with E-state index in [0.717, 1.165) is 15.8 Å². The Morgan fingerprint density at radius 1 is 1.04 bits per heavy atom. The van der Waals surface area contributed by atoms with Crippen LogP contribution in [0.5, 0.6) is 0 Å². The standard InChI is InChI=1S/C18H19BrN4/c1-18(2,3)13-9-14(19)11-15(10-13)21-17-20-12-23(22-17)16-7-5-4-6-8-16/h4-12H,1-3H3,(H,21,22). The topological polar surface area (TPSA) is 42.7 Å². The molecule has 3 rings (SSSR count). The number of nitrogens with one attached hydrogen (secondary N) is 1. The Hall–Kier alpha value is -2.14. The molecule has 5 heteroatoms. The van der Waals surface area contributed by atoms with Gasteiger partial charge in [-0.25, -0.2) is 4.68 Å². The third kappa shape index (κ3) is 3.79. The summed E-state index contributed by atoms with van der Waals surface area (Å²) in [6.07, 6.45) is 1.71. The summed E-state index contributed by atoms with van der Waals surface area (Å²) in [7, 11) is 0. The second kappa shape index (κ2) is 6.16. The van der Waals surface area contributed by atoms with Crippen molar-refractivity contribution in [2.45, 2.75) is 26.2 Å². The van der Waals surface area contributed by atoms with Crippen molar-refractivity contribution in [3.63, 3.8) is 0 Å². The van der Waals surface area contributed by atoms with Gasteiger partial charge in [0.2, 0.25) is 5.95 Å². The van der Waals surface area contributed by atoms with Gasteiger partial charge in [-0.1, -0.05) is 54.9 Å². The van der Waals surface area contributed by atoms with Gasteiger partial charge >= 0.3 is 0 Å². The Morgan fingerprint density at radius 3 is 2.48 bits per heavy atom. The van der Waals surface area contributed by atoms with Gasteiger partial charge in [-0.05, 0) is 41.3 Å². The number of halogens is 1. The summed E-state index contributed by atoms with van der Waals surface area (Å²) in [6.45, 7) is 6.59. The monoisotopic (exact) mass is 370 g/mol. The number of hydrogen-bond acceptors (Lipinski definition) is 3. The minimum absolute atomic E-state index is 0.0804. The van der Waals surface area contributed by atoms with Gasteiger partial charge in [0.05, 0.1) is 5.69 Å². The zero-order valence-electron chi connectivity index (χ0n) is 13.4. The third-order valence-corrected chi connectivity index (χ3v) is 3.99. The van der Waals surface area contributed by atoms with E-state index in [0.29, 0.717) is 5.95 Å². The highest BCUT2D eigenvalue weighted by molar-refractivity contribution is 9.10. The number of hydrogen-bond donors (Lipinski definition) is 1. The molecular formula is C18H19BrN4. The largest absolute Gasteiger partial charge is 0.323 e. The Bertz CT molecular complexity index is 803. The minimum atomic E-state index is 0.0804. The van der Waals surface area contributed by atoms with E-state index in [9.17, 15) is 0 Å². The van der Waals surface area contributed by atoms with Crippen LogP contribution in [0.25, 0.3) is 5.69 Å². The minimum Gasteiger partial charge on any atom is -0.323 e. The summed E-state index contributed by atoms with van der Waals surface area (Å²) >= 11 is 3.57. The van der Waals surface area contributed by atoms with E-state index in [1.54, 1.807) is 11.0 Å². The predicted octanol–water partition coefficient (Wildman–Crippen LogP) is 5.07. The van der Waals surface area contributed by atoms with Crippen molar-refractivity contribution in [1.29, 1.82) is 0 Å². The first-order chi connectivity index (χ1) is 10.9. The Balaban J connectivity index is 1.86. The molecule has 0 fully saturated rings. The highest BCUT2D eigenvalue weighted by Crippen LogP contribution is 2.29. The van der Waals surface area contributed by atoms with Crippen LogP contribution in [0.1, 0.15) is 26.3 Å². The molecule has 0 unspecified atom stereocenters. The van der Waals surface area contributed by atoms with Crippen LogP contribution < -0.4 is 5.32 Å². The number of nitrogens with zero attached hydrogens (tertiary/aromatic N) is 3. The molecule has 2 aromatic carbocycles. The van der Waals surface area contributed by atoms with Gasteiger partial charge in [-0.3, -0.25) is 0 Å². The molecule has 23 heavy (non-hydrogen) atoms. The number of aromatic nitrogens is 3. The van der Waals surface area contributed by atoms with Crippen LogP contribution in [0.3, 0.4) is 0 Å². The molecule has 0 amide bonds. The van der Waals surface area contributed by atoms with Crippen molar-refractivity contribution in [1.82, 2.24) is 14.8 Å². The van der Waals surface area contributed by atoms with Crippen LogP contribution in [-0.4, -0.2) is 14.8 Å². The van der Waals surface area contributed by atoms with Crippen molar-refractivity contribution in [2.24, 2.45) is 0 Å². The van der Waals surface area contributed by atoms with E-state index in [2.05, 4.69) is 64.2 Å². The third-order valence-electron chi connectivity index (χ3n) is 3.53. The summed E-state index contributed by atoms with van der Waals surface area (Å²) in [5.74, 6) is 0.576. The average Bonchev–Trinajstić information content (AvgIpc) is 2.95. The molecule has 0 aliphatic heterocycles. The fraction of sp³-hybridized carbons (Fsp3) is 0.222. The zero-order chi connectivity index (χ0) is 16.4. The van der Waals surface area contributed by atoms with Gasteiger partial charge in [-0.15, -0.1) is 5.10 Å². The Labute approximate surface area is 144 Å². The van der Waals surface area contributed by atoms with E-state index >= 15 is 0 Å². The molecule has 0 saturated carbocycles. The maximum atomic E-state index is 4.48. The number of benzene rings is 2. The van der Waals surface area contributed by atoms with Crippen molar-refractivity contribution in [3.05, 3.63) is 64.9 Å². The normalized spacial score (nSPS) is 11.5. The Kier molecular flexibility index (Phi) is 4.22. The SMILES string of the molecule is CC(C)(C)c1cc(Br)cc(Nc2ncn(-c3ccccc3)n2)c1. The summed E-state index contributed by atoms with van der Waals surface area (Å²) in [5, 5.41) is 7.75. The van der Waals surface area contributed by atoms with Gasteiger partial charge in [0.25, 0.3) is 0 Å². The number of anilines is 2. The predicted molar refractivity (Wildman–Crippen MR) is 97.5 cm³/mol. The molecule has 0 saturated heterocycles. The molecule has 1 aromatic heterocycles. The van der Waals surface area contributed by atoms with Crippen molar-refractivity contribution in [3.8, 4) is 5.69 Å². The molecule has 0 atom stereocenters. The van der Waals surface area contributed by atoms with E-state index in [1.165, 1.54) is 5.56 Å². The second-order valence-electron chi connectivity index (χ2n) is 6.45. The van der Waals surface area contributed by atoms with E-state index in [4.69, 9.17) is 0 Å². The van der Waals surface area contributed by atoms with Gasteiger partial charge in [-0.2, -0.15) is 4.98 Å². The van der Waals surface area contributed by atoms with E-state index < -0.39 is 0 Å². The lowest BCUT2D eigenvalue weighted by atomic mass is 9.87. The van der Waals surface area contributed by atoms with Crippen molar-refractivity contribution >= 4 is 27.6 Å². The quantitative estimate of drug-likeness (QED) is 0.699. The summed E-state index contributed by atoms with van der Waals surface area (Å²) < 4.78 is 2.79. The molecule has 0 aliphatic rings. The van der Waals surface area contributed by atoms with Crippen LogP contribution >= 0.6 is 15.9 Å². The first kappa shape index (κ1) is 15.7. The molecule has 118 valence electrons. The van der Waals surface area contributed by atoms with Crippen LogP contribution in [-0.2, 0) is 5.41 Å². The lowest BCUT2D eigenvalue weighted by Crippen LogP contribution is -2.11.